The summed E-state index contributed by atoms with van der Waals surface area (Å²) in [6.45, 7) is 2.36. The summed E-state index contributed by atoms with van der Waals surface area (Å²) >= 11 is 0. The average molecular weight is 264 g/mol. The van der Waals surface area contributed by atoms with E-state index in [1.54, 1.807) is 0 Å². The zero-order valence-corrected chi connectivity index (χ0v) is 12.9. The van der Waals surface area contributed by atoms with E-state index >= 15 is 0 Å². The van der Waals surface area contributed by atoms with Crippen molar-refractivity contribution in [2.75, 3.05) is 7.05 Å². The van der Waals surface area contributed by atoms with Gasteiger partial charge in [0, 0.05) is 18.1 Å². The Morgan fingerprint density at radius 3 is 2.32 bits per heavy atom. The van der Waals surface area contributed by atoms with Gasteiger partial charge in [-0.2, -0.15) is 0 Å². The van der Waals surface area contributed by atoms with Crippen molar-refractivity contribution < 1.29 is 0 Å². The van der Waals surface area contributed by atoms with Crippen LogP contribution in [-0.4, -0.2) is 30.1 Å². The van der Waals surface area contributed by atoms with Gasteiger partial charge in [0.2, 0.25) is 0 Å². The lowest BCUT2D eigenvalue weighted by atomic mass is 9.71. The Labute approximate surface area is 119 Å². The molecule has 2 heteroatoms. The molecule has 19 heavy (non-hydrogen) atoms. The van der Waals surface area contributed by atoms with Crippen molar-refractivity contribution in [1.82, 2.24) is 4.90 Å². The molecule has 5 atom stereocenters. The topological polar surface area (TPSA) is 29.3 Å². The van der Waals surface area contributed by atoms with Crippen LogP contribution >= 0.6 is 0 Å². The average Bonchev–Trinajstić information content (AvgIpc) is 2.68. The molecule has 0 spiro atoms. The molecule has 0 aromatic heterocycles. The molecule has 5 unspecified atom stereocenters. The number of rotatable bonds is 3. The van der Waals surface area contributed by atoms with Crippen LogP contribution in [0, 0.1) is 17.8 Å². The highest BCUT2D eigenvalue weighted by atomic mass is 15.2. The van der Waals surface area contributed by atoms with Crippen LogP contribution in [-0.2, 0) is 0 Å². The van der Waals surface area contributed by atoms with Gasteiger partial charge in [0.1, 0.15) is 0 Å². The van der Waals surface area contributed by atoms with E-state index in [1.165, 1.54) is 57.8 Å². The fourth-order valence-electron chi connectivity index (χ4n) is 5.21. The standard InChI is InChI=1S/C17H32N2/c1-3-12-5-4-6-13(9-12)17(18)14-10-15-7-8-16(11-14)19(15)2/h12-17H,3-11,18H2,1-2H3. The van der Waals surface area contributed by atoms with Crippen LogP contribution in [0.3, 0.4) is 0 Å². The first kappa shape index (κ1) is 13.9. The molecule has 2 nitrogen and oxygen atoms in total. The number of nitrogens with two attached hydrogens (primary N) is 1. The smallest absolute Gasteiger partial charge is 0.00989 e. The molecule has 0 radical (unpaired) electrons. The molecule has 1 aliphatic carbocycles. The van der Waals surface area contributed by atoms with E-state index in [9.17, 15) is 0 Å². The summed E-state index contributed by atoms with van der Waals surface area (Å²) in [5, 5.41) is 0. The number of hydrogen-bond donors (Lipinski definition) is 1. The fourth-order valence-corrected chi connectivity index (χ4v) is 5.21. The Bertz CT molecular complexity index is 290. The highest BCUT2D eigenvalue weighted by molar-refractivity contribution is 4.97. The summed E-state index contributed by atoms with van der Waals surface area (Å²) in [7, 11) is 2.33. The van der Waals surface area contributed by atoms with Crippen molar-refractivity contribution in [3.8, 4) is 0 Å². The van der Waals surface area contributed by atoms with Gasteiger partial charge in [-0.15, -0.1) is 0 Å². The van der Waals surface area contributed by atoms with Crippen LogP contribution in [0.25, 0.3) is 0 Å². The van der Waals surface area contributed by atoms with Crippen molar-refractivity contribution in [2.24, 2.45) is 23.5 Å². The first-order valence-corrected chi connectivity index (χ1v) is 8.66. The van der Waals surface area contributed by atoms with Gasteiger partial charge in [-0.05, 0) is 63.3 Å². The number of piperidine rings is 1. The summed E-state index contributed by atoms with van der Waals surface area (Å²) in [6.07, 6.45) is 12.7. The van der Waals surface area contributed by atoms with Gasteiger partial charge in [-0.25, -0.2) is 0 Å². The van der Waals surface area contributed by atoms with Crippen molar-refractivity contribution >= 4 is 0 Å². The van der Waals surface area contributed by atoms with Crippen LogP contribution in [0.5, 0.6) is 0 Å². The molecule has 1 saturated carbocycles. The molecular formula is C17H32N2. The molecule has 0 aromatic rings. The van der Waals surface area contributed by atoms with Gasteiger partial charge in [0.05, 0.1) is 0 Å². The number of fused-ring (bicyclic) bond motifs is 2. The molecule has 0 amide bonds. The third-order valence-corrected chi connectivity index (χ3v) is 6.62. The Hall–Kier alpha value is -0.0800. The third kappa shape index (κ3) is 2.71. The van der Waals surface area contributed by atoms with E-state index in [1.807, 2.05) is 0 Å². The van der Waals surface area contributed by atoms with Crippen LogP contribution in [0.4, 0.5) is 0 Å². The van der Waals surface area contributed by atoms with Crippen LogP contribution < -0.4 is 5.73 Å². The van der Waals surface area contributed by atoms with Crippen molar-refractivity contribution in [1.29, 1.82) is 0 Å². The Kier molecular flexibility index (Phi) is 4.19. The van der Waals surface area contributed by atoms with E-state index in [0.717, 1.165) is 29.8 Å². The highest BCUT2D eigenvalue weighted by Gasteiger charge is 2.42. The van der Waals surface area contributed by atoms with E-state index in [-0.39, 0.29) is 0 Å². The minimum Gasteiger partial charge on any atom is -0.327 e. The van der Waals surface area contributed by atoms with Gasteiger partial charge in [0.15, 0.2) is 0 Å². The second kappa shape index (κ2) is 5.73. The molecular weight excluding hydrogens is 232 g/mol. The molecule has 2 N–H and O–H groups in total. The number of hydrogen-bond acceptors (Lipinski definition) is 2. The predicted octanol–water partition coefficient (Wildman–Crippen LogP) is 3.40. The molecule has 2 heterocycles. The molecule has 2 saturated heterocycles. The lowest BCUT2D eigenvalue weighted by Gasteiger charge is -2.42. The maximum Gasteiger partial charge on any atom is 0.00989 e. The SMILES string of the molecule is CCC1CCCC(C(N)C2CC3CCC(C2)N3C)C1. The van der Waals surface area contributed by atoms with Crippen molar-refractivity contribution in [3.05, 3.63) is 0 Å². The molecule has 2 bridgehead atoms. The van der Waals surface area contributed by atoms with Crippen LogP contribution in [0.2, 0.25) is 0 Å². The monoisotopic (exact) mass is 264 g/mol. The molecule has 110 valence electrons. The van der Waals surface area contributed by atoms with Gasteiger partial charge >= 0.3 is 0 Å². The van der Waals surface area contributed by atoms with E-state index in [2.05, 4.69) is 18.9 Å². The molecule has 2 aliphatic heterocycles. The van der Waals surface area contributed by atoms with Gasteiger partial charge in [0.25, 0.3) is 0 Å². The maximum absolute atomic E-state index is 6.72. The summed E-state index contributed by atoms with van der Waals surface area (Å²) in [4.78, 5) is 2.64. The summed E-state index contributed by atoms with van der Waals surface area (Å²) < 4.78 is 0. The first-order chi connectivity index (χ1) is 9.19. The third-order valence-electron chi connectivity index (χ3n) is 6.62. The zero-order chi connectivity index (χ0) is 13.4. The summed E-state index contributed by atoms with van der Waals surface area (Å²) in [5.74, 6) is 2.61. The lowest BCUT2D eigenvalue weighted by Crippen LogP contribution is -2.48. The lowest BCUT2D eigenvalue weighted by molar-refractivity contribution is 0.0927. The summed E-state index contributed by atoms with van der Waals surface area (Å²) in [5.41, 5.74) is 6.72. The van der Waals surface area contributed by atoms with E-state index in [4.69, 9.17) is 5.73 Å². The minimum atomic E-state index is 0.492. The second-order valence-electron chi connectivity index (χ2n) is 7.56. The number of nitrogens with zero attached hydrogens (tertiary/aromatic N) is 1. The Morgan fingerprint density at radius 1 is 1.00 bits per heavy atom. The zero-order valence-electron chi connectivity index (χ0n) is 12.9. The largest absolute Gasteiger partial charge is 0.327 e. The van der Waals surface area contributed by atoms with Crippen LogP contribution in [0.1, 0.15) is 64.7 Å². The maximum atomic E-state index is 6.72. The van der Waals surface area contributed by atoms with E-state index < -0.39 is 0 Å². The first-order valence-electron chi connectivity index (χ1n) is 8.66. The minimum absolute atomic E-state index is 0.492. The van der Waals surface area contributed by atoms with Gasteiger partial charge in [-0.3, -0.25) is 0 Å². The molecule has 3 aliphatic rings. The normalized spacial score (nSPS) is 45.3. The molecule has 0 aromatic carbocycles. The molecule has 3 fully saturated rings. The van der Waals surface area contributed by atoms with Crippen LogP contribution in [0.15, 0.2) is 0 Å². The molecule has 3 rings (SSSR count). The Balaban J connectivity index is 1.60. The van der Waals surface area contributed by atoms with Crippen molar-refractivity contribution in [3.63, 3.8) is 0 Å². The van der Waals surface area contributed by atoms with Crippen molar-refractivity contribution in [2.45, 2.75) is 82.8 Å². The van der Waals surface area contributed by atoms with Gasteiger partial charge in [-0.1, -0.05) is 26.2 Å². The highest BCUT2D eigenvalue weighted by Crippen LogP contribution is 2.42. The van der Waals surface area contributed by atoms with E-state index in [0.29, 0.717) is 6.04 Å². The quantitative estimate of drug-likeness (QED) is 0.846. The predicted molar refractivity (Wildman–Crippen MR) is 81.0 cm³/mol. The summed E-state index contributed by atoms with van der Waals surface area (Å²) in [6, 6.07) is 2.19. The second-order valence-corrected chi connectivity index (χ2v) is 7.56. The van der Waals surface area contributed by atoms with Gasteiger partial charge < -0.3 is 10.6 Å². The Morgan fingerprint density at radius 2 is 1.68 bits per heavy atom. The fraction of sp³-hybridized carbons (Fsp3) is 1.00.